The maximum Gasteiger partial charge on any atom is 0.326 e. The molecule has 2 fully saturated rings. The summed E-state index contributed by atoms with van der Waals surface area (Å²) in [5.74, 6) is -2.12. The van der Waals surface area contributed by atoms with Crippen molar-refractivity contribution in [3.63, 3.8) is 0 Å². The van der Waals surface area contributed by atoms with Gasteiger partial charge in [-0.2, -0.15) is 4.98 Å². The minimum absolute atomic E-state index is 0.0297. The predicted octanol–water partition coefficient (Wildman–Crippen LogP) is 2.40. The number of ether oxygens (including phenoxy) is 1. The number of likely N-dealkylation sites (tertiary alicyclic amines) is 1. The van der Waals surface area contributed by atoms with Gasteiger partial charge in [-0.25, -0.2) is 4.39 Å². The summed E-state index contributed by atoms with van der Waals surface area (Å²) in [6, 6.07) is 4.55. The average Bonchev–Trinajstić information content (AvgIpc) is 3.28. The predicted molar refractivity (Wildman–Crippen MR) is 96.4 cm³/mol. The molecule has 2 atom stereocenters. The van der Waals surface area contributed by atoms with Crippen molar-refractivity contribution < 1.29 is 28.0 Å². The SMILES string of the molecule is Cc1ccc(-c2noc(COC(=O)CN3C(=O)C4CCCCC4C3=O)n2)cc1F. The van der Waals surface area contributed by atoms with E-state index >= 15 is 0 Å². The Morgan fingerprint density at radius 2 is 1.93 bits per heavy atom. The molecular weight excluding hydrogens is 381 g/mol. The molecule has 0 spiro atoms. The Kier molecular flexibility index (Phi) is 5.12. The zero-order valence-corrected chi connectivity index (χ0v) is 15.9. The Hall–Kier alpha value is -3.10. The van der Waals surface area contributed by atoms with Crippen LogP contribution in [0.5, 0.6) is 0 Å². The van der Waals surface area contributed by atoms with E-state index in [1.54, 1.807) is 19.1 Å². The number of esters is 1. The van der Waals surface area contributed by atoms with Gasteiger partial charge in [0.2, 0.25) is 17.6 Å². The molecule has 8 nitrogen and oxygen atoms in total. The first-order valence-corrected chi connectivity index (χ1v) is 9.54. The normalized spacial score (nSPS) is 21.4. The second kappa shape index (κ2) is 7.73. The van der Waals surface area contributed by atoms with Crippen molar-refractivity contribution in [3.8, 4) is 11.4 Å². The van der Waals surface area contributed by atoms with Crippen molar-refractivity contribution >= 4 is 17.8 Å². The number of amides is 2. The van der Waals surface area contributed by atoms with E-state index in [1.807, 2.05) is 0 Å². The summed E-state index contributed by atoms with van der Waals surface area (Å²) in [5, 5.41) is 3.75. The third-order valence-corrected chi connectivity index (χ3v) is 5.47. The van der Waals surface area contributed by atoms with E-state index < -0.39 is 12.5 Å². The molecule has 2 aliphatic rings. The Bertz CT molecular complexity index is 949. The van der Waals surface area contributed by atoms with Crippen LogP contribution in [-0.4, -0.2) is 39.4 Å². The van der Waals surface area contributed by atoms with Gasteiger partial charge in [0.05, 0.1) is 11.8 Å². The number of fused-ring (bicyclic) bond motifs is 1. The maximum absolute atomic E-state index is 13.7. The molecule has 0 N–H and O–H groups in total. The summed E-state index contributed by atoms with van der Waals surface area (Å²) < 4.78 is 23.8. The summed E-state index contributed by atoms with van der Waals surface area (Å²) in [5.41, 5.74) is 0.933. The zero-order valence-electron chi connectivity index (χ0n) is 15.9. The number of aromatic nitrogens is 2. The molecule has 1 saturated carbocycles. The summed E-state index contributed by atoms with van der Waals surface area (Å²) >= 11 is 0. The highest BCUT2D eigenvalue weighted by atomic mass is 19.1. The zero-order chi connectivity index (χ0) is 20.5. The minimum Gasteiger partial charge on any atom is -0.454 e. The molecule has 1 saturated heterocycles. The fourth-order valence-electron chi connectivity index (χ4n) is 3.87. The number of halogens is 1. The highest BCUT2D eigenvalue weighted by molar-refractivity contribution is 6.07. The molecule has 1 aromatic heterocycles. The molecule has 4 rings (SSSR count). The second-order valence-electron chi connectivity index (χ2n) is 7.40. The topological polar surface area (TPSA) is 103 Å². The van der Waals surface area contributed by atoms with Gasteiger partial charge in [0.1, 0.15) is 12.4 Å². The van der Waals surface area contributed by atoms with Gasteiger partial charge in [-0.05, 0) is 31.4 Å². The molecule has 2 aromatic rings. The van der Waals surface area contributed by atoms with Crippen LogP contribution < -0.4 is 0 Å². The van der Waals surface area contributed by atoms with Crippen molar-refractivity contribution in [1.82, 2.24) is 15.0 Å². The van der Waals surface area contributed by atoms with Gasteiger partial charge in [0, 0.05) is 5.56 Å². The Labute approximate surface area is 166 Å². The molecule has 2 amide bonds. The number of hydrogen-bond acceptors (Lipinski definition) is 7. The number of rotatable bonds is 5. The smallest absolute Gasteiger partial charge is 0.326 e. The van der Waals surface area contributed by atoms with E-state index in [0.29, 0.717) is 24.0 Å². The quantitative estimate of drug-likeness (QED) is 0.560. The molecule has 2 heterocycles. The Morgan fingerprint density at radius 3 is 2.59 bits per heavy atom. The Balaban J connectivity index is 1.34. The fraction of sp³-hybridized carbons (Fsp3) is 0.450. The van der Waals surface area contributed by atoms with Crippen molar-refractivity contribution in [2.45, 2.75) is 39.2 Å². The van der Waals surface area contributed by atoms with Crippen molar-refractivity contribution in [2.24, 2.45) is 11.8 Å². The number of hydrogen-bond donors (Lipinski definition) is 0. The van der Waals surface area contributed by atoms with E-state index in [4.69, 9.17) is 9.26 Å². The maximum atomic E-state index is 13.7. The van der Waals surface area contributed by atoms with Crippen LogP contribution in [0.1, 0.15) is 37.1 Å². The lowest BCUT2D eigenvalue weighted by molar-refractivity contribution is -0.154. The third-order valence-electron chi connectivity index (χ3n) is 5.47. The van der Waals surface area contributed by atoms with E-state index in [1.165, 1.54) is 6.07 Å². The van der Waals surface area contributed by atoms with Crippen LogP contribution in [0.3, 0.4) is 0 Å². The largest absolute Gasteiger partial charge is 0.454 e. The summed E-state index contributed by atoms with van der Waals surface area (Å²) in [6.45, 7) is 0.920. The lowest BCUT2D eigenvalue weighted by atomic mass is 9.81. The fourth-order valence-corrected chi connectivity index (χ4v) is 3.87. The van der Waals surface area contributed by atoms with E-state index in [-0.39, 0.29) is 47.8 Å². The molecule has 2 unspecified atom stereocenters. The lowest BCUT2D eigenvalue weighted by Crippen LogP contribution is -2.36. The molecule has 0 radical (unpaired) electrons. The van der Waals surface area contributed by atoms with Gasteiger partial charge in [0.15, 0.2) is 6.61 Å². The summed E-state index contributed by atoms with van der Waals surface area (Å²) in [4.78, 5) is 42.0. The molecule has 29 heavy (non-hydrogen) atoms. The van der Waals surface area contributed by atoms with E-state index in [2.05, 4.69) is 10.1 Å². The van der Waals surface area contributed by atoms with Gasteiger partial charge in [-0.3, -0.25) is 19.3 Å². The van der Waals surface area contributed by atoms with Crippen LogP contribution in [0.4, 0.5) is 4.39 Å². The first kappa shape index (κ1) is 19.2. The van der Waals surface area contributed by atoms with Crippen molar-refractivity contribution in [1.29, 1.82) is 0 Å². The lowest BCUT2D eigenvalue weighted by Gasteiger charge is -2.19. The molecule has 152 valence electrons. The summed E-state index contributed by atoms with van der Waals surface area (Å²) in [6.07, 6.45) is 3.21. The molecule has 1 aliphatic carbocycles. The first-order chi connectivity index (χ1) is 13.9. The van der Waals surface area contributed by atoms with Crippen LogP contribution in [-0.2, 0) is 25.7 Å². The number of imide groups is 1. The van der Waals surface area contributed by atoms with Crippen LogP contribution in [0.15, 0.2) is 22.7 Å². The highest BCUT2D eigenvalue weighted by Crippen LogP contribution is 2.37. The third kappa shape index (κ3) is 3.76. The Morgan fingerprint density at radius 1 is 1.24 bits per heavy atom. The molecule has 1 aliphatic heterocycles. The number of nitrogens with zero attached hydrogens (tertiary/aromatic N) is 3. The highest BCUT2D eigenvalue weighted by Gasteiger charge is 2.48. The van der Waals surface area contributed by atoms with Crippen LogP contribution in [0, 0.1) is 24.6 Å². The second-order valence-corrected chi connectivity index (χ2v) is 7.40. The van der Waals surface area contributed by atoms with Crippen LogP contribution in [0.2, 0.25) is 0 Å². The number of carbonyl (C=O) groups excluding carboxylic acids is 3. The summed E-state index contributed by atoms with van der Waals surface area (Å²) in [7, 11) is 0. The molecule has 1 aromatic carbocycles. The van der Waals surface area contributed by atoms with Gasteiger partial charge < -0.3 is 9.26 Å². The molecule has 0 bridgehead atoms. The average molecular weight is 401 g/mol. The van der Waals surface area contributed by atoms with Gasteiger partial charge in [-0.1, -0.05) is 30.1 Å². The molecular formula is C20H20FN3O5. The monoisotopic (exact) mass is 401 g/mol. The van der Waals surface area contributed by atoms with Crippen molar-refractivity contribution in [2.75, 3.05) is 6.54 Å². The number of carbonyl (C=O) groups is 3. The van der Waals surface area contributed by atoms with Gasteiger partial charge in [-0.15, -0.1) is 0 Å². The van der Waals surface area contributed by atoms with Crippen LogP contribution >= 0.6 is 0 Å². The minimum atomic E-state index is -0.730. The number of aryl methyl sites for hydroxylation is 1. The van der Waals surface area contributed by atoms with Gasteiger partial charge >= 0.3 is 5.97 Å². The molecule has 9 heteroatoms. The van der Waals surface area contributed by atoms with Crippen molar-refractivity contribution in [3.05, 3.63) is 35.5 Å². The standard InChI is InChI=1S/C20H20FN3O5/c1-11-6-7-12(8-15(11)21)18-22-16(29-23-18)10-28-17(25)9-24-19(26)13-4-2-3-5-14(13)20(24)27/h6-8,13-14H,2-5,9-10H2,1H3. The van der Waals surface area contributed by atoms with E-state index in [9.17, 15) is 18.8 Å². The first-order valence-electron chi connectivity index (χ1n) is 9.54. The number of benzene rings is 1. The van der Waals surface area contributed by atoms with Gasteiger partial charge in [0.25, 0.3) is 5.89 Å². The van der Waals surface area contributed by atoms with E-state index in [0.717, 1.165) is 17.7 Å². The van der Waals surface area contributed by atoms with Crippen LogP contribution in [0.25, 0.3) is 11.4 Å².